The molecular weight excluding hydrogens is 513 g/mol. The number of hydrogen-bond acceptors (Lipinski definition) is 7. The van der Waals surface area contributed by atoms with Crippen LogP contribution in [0.3, 0.4) is 0 Å². The van der Waals surface area contributed by atoms with E-state index in [1.165, 1.54) is 0 Å². The highest BCUT2D eigenvalue weighted by Gasteiger charge is 2.47. The molecule has 0 radical (unpaired) electrons. The van der Waals surface area contributed by atoms with Gasteiger partial charge in [0, 0.05) is 12.8 Å². The maximum absolute atomic E-state index is 6.94. The zero-order valence-electron chi connectivity index (χ0n) is 25.1. The van der Waals surface area contributed by atoms with Gasteiger partial charge in [0.25, 0.3) is 0 Å². The smallest absolute Gasteiger partial charge is 0.246 e. The van der Waals surface area contributed by atoms with Gasteiger partial charge in [-0.25, -0.2) is 9.97 Å². The number of nitrogens with zero attached hydrogens (tertiary/aromatic N) is 4. The van der Waals surface area contributed by atoms with Crippen molar-refractivity contribution >= 4 is 27.8 Å². The monoisotopic (exact) mass is 560 g/mol. The Balaban J connectivity index is 1.96. The van der Waals surface area contributed by atoms with Crippen LogP contribution in [0, 0.1) is 0 Å². The van der Waals surface area contributed by atoms with Crippen molar-refractivity contribution in [2.24, 2.45) is 0 Å². The molecule has 1 aliphatic heterocycles. The number of imidazole rings is 1. The zero-order valence-corrected chi connectivity index (χ0v) is 27.1. The summed E-state index contributed by atoms with van der Waals surface area (Å²) in [4.78, 5) is 14.0. The van der Waals surface area contributed by atoms with Crippen LogP contribution in [0.1, 0.15) is 60.0 Å². The van der Waals surface area contributed by atoms with E-state index in [9.17, 15) is 0 Å². The quantitative estimate of drug-likeness (QED) is 0.220. The molecule has 0 bridgehead atoms. The van der Waals surface area contributed by atoms with Crippen molar-refractivity contribution in [1.82, 2.24) is 19.5 Å². The Bertz CT molecular complexity index is 1130. The molecule has 0 amide bonds. The van der Waals surface area contributed by atoms with Crippen molar-refractivity contribution in [2.75, 3.05) is 13.2 Å². The largest absolute Gasteiger partial charge is 0.472 e. The third-order valence-corrected chi connectivity index (χ3v) is 17.3. The van der Waals surface area contributed by atoms with Gasteiger partial charge in [-0.3, -0.25) is 4.57 Å². The van der Waals surface area contributed by atoms with Crippen LogP contribution in [0.15, 0.2) is 31.6 Å². The number of ether oxygens (including phenoxy) is 2. The molecule has 0 N–H and O–H groups in total. The summed E-state index contributed by atoms with van der Waals surface area (Å²) in [6, 6.07) is 0. The molecule has 0 spiro atoms. The van der Waals surface area contributed by atoms with Gasteiger partial charge in [-0.2, -0.15) is 4.98 Å². The van der Waals surface area contributed by atoms with Gasteiger partial charge in [-0.1, -0.05) is 60.3 Å². The molecule has 0 saturated carbocycles. The first kappa shape index (κ1) is 30.7. The Morgan fingerprint density at radius 3 is 2.26 bits per heavy atom. The molecule has 8 nitrogen and oxygen atoms in total. The summed E-state index contributed by atoms with van der Waals surface area (Å²) >= 11 is 0. The second-order valence-electron chi connectivity index (χ2n) is 13.2. The van der Waals surface area contributed by atoms with Gasteiger partial charge in [0.15, 0.2) is 27.8 Å². The predicted molar refractivity (Wildman–Crippen MR) is 159 cm³/mol. The van der Waals surface area contributed by atoms with Crippen LogP contribution in [0.2, 0.25) is 36.3 Å². The second kappa shape index (κ2) is 11.3. The topological polar surface area (TPSA) is 80.5 Å². The van der Waals surface area contributed by atoms with Crippen molar-refractivity contribution in [3.63, 3.8) is 0 Å². The van der Waals surface area contributed by atoms with E-state index in [1.807, 2.05) is 4.57 Å². The maximum atomic E-state index is 6.94. The molecule has 0 aromatic carbocycles. The average Bonchev–Trinajstić information content (AvgIpc) is 3.38. The van der Waals surface area contributed by atoms with Crippen LogP contribution in [0.4, 0.5) is 0 Å². The molecule has 2 aromatic rings. The molecule has 1 aliphatic rings. The first-order valence-corrected chi connectivity index (χ1v) is 19.4. The molecule has 3 rings (SSSR count). The van der Waals surface area contributed by atoms with Crippen molar-refractivity contribution in [2.45, 2.75) is 109 Å². The number of fused-ring (bicyclic) bond motifs is 1. The van der Waals surface area contributed by atoms with Crippen molar-refractivity contribution in [3.8, 4) is 5.88 Å². The van der Waals surface area contributed by atoms with E-state index in [4.69, 9.17) is 23.3 Å². The fourth-order valence-corrected chi connectivity index (χ4v) is 6.18. The Morgan fingerprint density at radius 1 is 1.03 bits per heavy atom. The molecule has 3 heterocycles. The van der Waals surface area contributed by atoms with E-state index in [1.54, 1.807) is 18.5 Å². The van der Waals surface area contributed by atoms with E-state index in [0.717, 1.165) is 0 Å². The van der Waals surface area contributed by atoms with Crippen molar-refractivity contribution < 1.29 is 18.3 Å². The first-order chi connectivity index (χ1) is 17.5. The highest BCUT2D eigenvalue weighted by Crippen LogP contribution is 2.43. The zero-order chi connectivity index (χ0) is 28.5. The highest BCUT2D eigenvalue weighted by atomic mass is 28.4. The summed E-state index contributed by atoms with van der Waals surface area (Å²) in [6.07, 6.45) is 5.88. The summed E-state index contributed by atoms with van der Waals surface area (Å²) < 4.78 is 28.1. The van der Waals surface area contributed by atoms with Gasteiger partial charge in [0.1, 0.15) is 24.8 Å². The van der Waals surface area contributed by atoms with Crippen LogP contribution in [0.25, 0.3) is 11.2 Å². The van der Waals surface area contributed by atoms with E-state index in [2.05, 4.69) is 90.9 Å². The molecule has 2 aromatic heterocycles. The Morgan fingerprint density at radius 2 is 1.68 bits per heavy atom. The Hall–Kier alpha value is -1.86. The minimum atomic E-state index is -2.05. The van der Waals surface area contributed by atoms with Crippen molar-refractivity contribution in [1.29, 1.82) is 0 Å². The molecular formula is C28H48N4O4Si2. The fraction of sp³-hybridized carbons (Fsp3) is 0.679. The minimum Gasteiger partial charge on any atom is -0.472 e. The van der Waals surface area contributed by atoms with Crippen LogP contribution in [-0.2, 0) is 20.0 Å². The van der Waals surface area contributed by atoms with Crippen LogP contribution in [-0.4, -0.2) is 61.6 Å². The molecule has 0 unspecified atom stereocenters. The van der Waals surface area contributed by atoms with E-state index in [-0.39, 0.29) is 28.5 Å². The SMILES string of the molecule is C=CCOc1nc(CC=C)nc2c1ncn2[C@H]1C[C@H](O[Si](C)(C)C(C)(C)C)[C@@H](CO[Si](C)(C)C(C)(C)C)O1. The lowest BCUT2D eigenvalue weighted by Gasteiger charge is -2.40. The minimum absolute atomic E-state index is 0.0852. The van der Waals surface area contributed by atoms with Crippen LogP contribution < -0.4 is 4.74 Å². The molecule has 10 heteroatoms. The highest BCUT2D eigenvalue weighted by molar-refractivity contribution is 6.74. The van der Waals surface area contributed by atoms with Crippen molar-refractivity contribution in [3.05, 3.63) is 37.5 Å². The van der Waals surface area contributed by atoms with Crippen LogP contribution >= 0.6 is 0 Å². The summed E-state index contributed by atoms with van der Waals surface area (Å²) in [6.45, 7) is 31.1. The molecule has 3 atom stereocenters. The normalized spacial score (nSPS) is 21.2. The lowest BCUT2D eigenvalue weighted by molar-refractivity contribution is -0.0383. The third kappa shape index (κ3) is 6.64. The van der Waals surface area contributed by atoms with E-state index >= 15 is 0 Å². The fourth-order valence-electron chi connectivity index (χ4n) is 3.81. The molecule has 0 aliphatic carbocycles. The van der Waals surface area contributed by atoms with Gasteiger partial charge in [0.05, 0.1) is 19.0 Å². The number of rotatable bonds is 11. The van der Waals surface area contributed by atoms with E-state index < -0.39 is 16.6 Å². The van der Waals surface area contributed by atoms with Gasteiger partial charge in [0.2, 0.25) is 5.88 Å². The number of hydrogen-bond donors (Lipinski definition) is 0. The predicted octanol–water partition coefficient (Wildman–Crippen LogP) is 6.82. The lowest BCUT2D eigenvalue weighted by atomic mass is 10.2. The standard InChI is InChI=1S/C28H48N4O4Si2/c1-13-15-22-30-25-24(26(31-22)33-16-14-2)29-19-32(25)23-17-20(36-38(11,12)28(6,7)8)21(35-23)18-34-37(9,10)27(3,4)5/h13-14,19-21,23H,1-2,15-18H2,3-12H3/t20-,21+,23+/m0/s1. The van der Waals surface area contributed by atoms with Gasteiger partial charge in [-0.15, -0.1) is 6.58 Å². The summed E-state index contributed by atoms with van der Waals surface area (Å²) in [5.74, 6) is 1.06. The number of aromatic nitrogens is 4. The summed E-state index contributed by atoms with van der Waals surface area (Å²) in [7, 11) is -4.01. The number of allylic oxidation sites excluding steroid dienone is 1. The van der Waals surface area contributed by atoms with Crippen LogP contribution in [0.5, 0.6) is 5.88 Å². The molecule has 38 heavy (non-hydrogen) atoms. The van der Waals surface area contributed by atoms with Gasteiger partial charge in [-0.05, 0) is 36.3 Å². The van der Waals surface area contributed by atoms with Gasteiger partial charge >= 0.3 is 0 Å². The molecule has 1 saturated heterocycles. The lowest BCUT2D eigenvalue weighted by Crippen LogP contribution is -2.48. The Kier molecular flexibility index (Phi) is 9.15. The maximum Gasteiger partial charge on any atom is 0.246 e. The summed E-state index contributed by atoms with van der Waals surface area (Å²) in [5, 5.41) is 0.198. The summed E-state index contributed by atoms with van der Waals surface area (Å²) in [5.41, 5.74) is 1.28. The molecule has 212 valence electrons. The van der Waals surface area contributed by atoms with Gasteiger partial charge < -0.3 is 18.3 Å². The second-order valence-corrected chi connectivity index (χ2v) is 22.8. The third-order valence-electron chi connectivity index (χ3n) is 8.26. The Labute approximate surface area is 231 Å². The first-order valence-electron chi connectivity index (χ1n) is 13.6. The molecule has 1 fully saturated rings. The van der Waals surface area contributed by atoms with E-state index in [0.29, 0.717) is 48.9 Å². The average molecular weight is 561 g/mol.